The summed E-state index contributed by atoms with van der Waals surface area (Å²) in [4.78, 5) is 14.2. The largest absolute Gasteiger partial charge is 0.390 e. The van der Waals surface area contributed by atoms with E-state index in [-0.39, 0.29) is 12.5 Å². The zero-order valence-corrected chi connectivity index (χ0v) is 14.0. The number of H-pyrrole nitrogens is 1. The van der Waals surface area contributed by atoms with Gasteiger partial charge in [-0.25, -0.2) is 0 Å². The minimum atomic E-state index is -0.594. The number of β-amino-alcohol motifs (C(OH)–C–C–N with tert-alkyl or cyclic N) is 1. The number of aromatic nitrogens is 2. The summed E-state index contributed by atoms with van der Waals surface area (Å²) in [5, 5.41) is 19.8. The van der Waals surface area contributed by atoms with Gasteiger partial charge in [0.15, 0.2) is 0 Å². The molecule has 1 amide bonds. The van der Waals surface area contributed by atoms with E-state index < -0.39 is 6.10 Å². The number of fused-ring (bicyclic) bond motifs is 1. The van der Waals surface area contributed by atoms with E-state index in [0.717, 1.165) is 31.6 Å². The standard InChI is InChI=1S/C18H24N4O2/c1-2-15-9-17(21-20-15)18(24)19-10-16(23)12-22-8-7-13-5-3-4-6-14(13)11-22/h3-6,9,16,23H,2,7-8,10-12H2,1H3,(H,19,24)(H,20,21)/t16-/m0/s1. The molecule has 24 heavy (non-hydrogen) atoms. The van der Waals surface area contributed by atoms with Crippen molar-refractivity contribution < 1.29 is 9.90 Å². The topological polar surface area (TPSA) is 81.2 Å². The minimum absolute atomic E-state index is 0.227. The Morgan fingerprint density at radius 2 is 2.21 bits per heavy atom. The van der Waals surface area contributed by atoms with Crippen LogP contribution < -0.4 is 5.32 Å². The second-order valence-corrected chi connectivity index (χ2v) is 6.25. The summed E-state index contributed by atoms with van der Waals surface area (Å²) in [5.41, 5.74) is 4.00. The van der Waals surface area contributed by atoms with Crippen molar-refractivity contribution in [1.82, 2.24) is 20.4 Å². The van der Waals surface area contributed by atoms with Crippen molar-refractivity contribution in [3.63, 3.8) is 0 Å². The predicted octanol–water partition coefficient (Wildman–Crippen LogP) is 1.12. The molecule has 128 valence electrons. The fraction of sp³-hybridized carbons (Fsp3) is 0.444. The number of aliphatic hydroxyl groups excluding tert-OH is 1. The summed E-state index contributed by atoms with van der Waals surface area (Å²) in [6, 6.07) is 10.2. The molecular weight excluding hydrogens is 304 g/mol. The minimum Gasteiger partial charge on any atom is -0.390 e. The molecule has 3 N–H and O–H groups in total. The van der Waals surface area contributed by atoms with E-state index in [4.69, 9.17) is 0 Å². The molecule has 1 aliphatic heterocycles. The number of rotatable bonds is 6. The van der Waals surface area contributed by atoms with Crippen LogP contribution in [0, 0.1) is 0 Å². The smallest absolute Gasteiger partial charge is 0.271 e. The van der Waals surface area contributed by atoms with Crippen molar-refractivity contribution in [1.29, 1.82) is 0 Å². The number of amides is 1. The van der Waals surface area contributed by atoms with Crippen LogP contribution in [0.25, 0.3) is 0 Å². The number of aryl methyl sites for hydroxylation is 1. The Kier molecular flexibility index (Phi) is 5.27. The van der Waals surface area contributed by atoms with Gasteiger partial charge in [-0.05, 0) is 30.0 Å². The molecule has 1 aliphatic rings. The van der Waals surface area contributed by atoms with Gasteiger partial charge in [0.25, 0.3) is 5.91 Å². The number of carbonyl (C=O) groups excluding carboxylic acids is 1. The number of benzene rings is 1. The van der Waals surface area contributed by atoms with Crippen LogP contribution >= 0.6 is 0 Å². The first-order valence-corrected chi connectivity index (χ1v) is 8.45. The third-order valence-electron chi connectivity index (χ3n) is 4.42. The van der Waals surface area contributed by atoms with Gasteiger partial charge in [-0.3, -0.25) is 14.8 Å². The van der Waals surface area contributed by atoms with Crippen molar-refractivity contribution in [2.45, 2.75) is 32.4 Å². The van der Waals surface area contributed by atoms with Crippen LogP contribution in [0.3, 0.4) is 0 Å². The van der Waals surface area contributed by atoms with E-state index in [1.54, 1.807) is 6.07 Å². The molecule has 1 aromatic heterocycles. The van der Waals surface area contributed by atoms with Crippen molar-refractivity contribution in [2.24, 2.45) is 0 Å². The molecule has 2 aromatic rings. The molecule has 2 heterocycles. The Labute approximate surface area is 141 Å². The van der Waals surface area contributed by atoms with Crippen LogP contribution in [0.2, 0.25) is 0 Å². The van der Waals surface area contributed by atoms with Gasteiger partial charge in [0, 0.05) is 31.9 Å². The first-order chi connectivity index (χ1) is 11.7. The molecule has 6 nitrogen and oxygen atoms in total. The van der Waals surface area contributed by atoms with E-state index >= 15 is 0 Å². The Morgan fingerprint density at radius 1 is 1.42 bits per heavy atom. The molecule has 6 heteroatoms. The van der Waals surface area contributed by atoms with Crippen molar-refractivity contribution >= 4 is 5.91 Å². The summed E-state index contributed by atoms with van der Waals surface area (Å²) in [5.74, 6) is -0.256. The fourth-order valence-corrected chi connectivity index (χ4v) is 3.03. The lowest BCUT2D eigenvalue weighted by atomic mass is 10.00. The molecule has 3 rings (SSSR count). The van der Waals surface area contributed by atoms with Crippen molar-refractivity contribution in [3.05, 3.63) is 52.8 Å². The molecule has 0 radical (unpaired) electrons. The highest BCUT2D eigenvalue weighted by Gasteiger charge is 2.19. The molecule has 0 fully saturated rings. The average Bonchev–Trinajstić information content (AvgIpc) is 3.09. The van der Waals surface area contributed by atoms with E-state index in [2.05, 4.69) is 38.6 Å². The summed E-state index contributed by atoms with van der Waals surface area (Å²) in [6.45, 7) is 4.55. The first-order valence-electron chi connectivity index (χ1n) is 8.45. The highest BCUT2D eigenvalue weighted by molar-refractivity contribution is 5.92. The lowest BCUT2D eigenvalue weighted by molar-refractivity contribution is 0.0838. The SMILES string of the molecule is CCc1cc(C(=O)NC[C@H](O)CN2CCc3ccccc3C2)n[nH]1. The van der Waals surface area contributed by atoms with Gasteiger partial charge in [-0.1, -0.05) is 31.2 Å². The van der Waals surface area contributed by atoms with Crippen LogP contribution in [-0.2, 0) is 19.4 Å². The first kappa shape index (κ1) is 16.7. The van der Waals surface area contributed by atoms with Crippen LogP contribution in [-0.4, -0.2) is 51.8 Å². The predicted molar refractivity (Wildman–Crippen MR) is 91.7 cm³/mol. The van der Waals surface area contributed by atoms with Crippen LogP contribution in [0.15, 0.2) is 30.3 Å². The van der Waals surface area contributed by atoms with Crippen molar-refractivity contribution in [3.8, 4) is 0 Å². The highest BCUT2D eigenvalue weighted by atomic mass is 16.3. The van der Waals surface area contributed by atoms with Crippen LogP contribution in [0.5, 0.6) is 0 Å². The zero-order valence-electron chi connectivity index (χ0n) is 14.0. The number of carbonyl (C=O) groups is 1. The summed E-state index contributed by atoms with van der Waals surface area (Å²) in [6.07, 6.45) is 1.21. The Morgan fingerprint density at radius 3 is 2.96 bits per heavy atom. The Balaban J connectivity index is 1.46. The highest BCUT2D eigenvalue weighted by Crippen LogP contribution is 2.18. The summed E-state index contributed by atoms with van der Waals surface area (Å²) < 4.78 is 0. The van der Waals surface area contributed by atoms with Gasteiger partial charge < -0.3 is 10.4 Å². The van der Waals surface area contributed by atoms with E-state index in [9.17, 15) is 9.90 Å². The molecule has 0 saturated heterocycles. The number of nitrogens with zero attached hydrogens (tertiary/aromatic N) is 2. The average molecular weight is 328 g/mol. The van der Waals surface area contributed by atoms with Crippen molar-refractivity contribution in [2.75, 3.05) is 19.6 Å². The van der Waals surface area contributed by atoms with Gasteiger partial charge in [0.05, 0.1) is 6.10 Å². The monoisotopic (exact) mass is 328 g/mol. The third kappa shape index (κ3) is 4.01. The fourth-order valence-electron chi connectivity index (χ4n) is 3.03. The molecule has 1 atom stereocenters. The van der Waals surface area contributed by atoms with E-state index in [1.807, 2.05) is 13.0 Å². The van der Waals surface area contributed by atoms with Crippen LogP contribution in [0.4, 0.5) is 0 Å². The third-order valence-corrected chi connectivity index (χ3v) is 4.42. The lowest BCUT2D eigenvalue weighted by Crippen LogP contribution is -2.42. The zero-order chi connectivity index (χ0) is 16.9. The number of nitrogens with one attached hydrogen (secondary N) is 2. The summed E-state index contributed by atoms with van der Waals surface area (Å²) >= 11 is 0. The molecule has 0 saturated carbocycles. The molecule has 0 bridgehead atoms. The number of hydrogen-bond donors (Lipinski definition) is 3. The quantitative estimate of drug-likeness (QED) is 0.742. The van der Waals surface area contributed by atoms with Crippen LogP contribution in [0.1, 0.15) is 34.2 Å². The molecular formula is C18H24N4O2. The molecule has 0 spiro atoms. The maximum Gasteiger partial charge on any atom is 0.271 e. The van der Waals surface area contributed by atoms with Gasteiger partial charge in [0.1, 0.15) is 5.69 Å². The maximum atomic E-state index is 12.0. The molecule has 1 aromatic carbocycles. The lowest BCUT2D eigenvalue weighted by Gasteiger charge is -2.30. The second kappa shape index (κ2) is 7.59. The van der Waals surface area contributed by atoms with E-state index in [1.165, 1.54) is 11.1 Å². The number of aromatic amines is 1. The normalized spacial score (nSPS) is 15.8. The number of hydrogen-bond acceptors (Lipinski definition) is 4. The van der Waals surface area contributed by atoms with Gasteiger partial charge >= 0.3 is 0 Å². The molecule has 0 aliphatic carbocycles. The summed E-state index contributed by atoms with van der Waals surface area (Å²) in [7, 11) is 0. The molecule has 0 unspecified atom stereocenters. The van der Waals surface area contributed by atoms with E-state index in [0.29, 0.717) is 12.2 Å². The van der Waals surface area contributed by atoms with Gasteiger partial charge in [-0.2, -0.15) is 5.10 Å². The second-order valence-electron chi connectivity index (χ2n) is 6.25. The Bertz CT molecular complexity index is 698. The van der Waals surface area contributed by atoms with Gasteiger partial charge in [-0.15, -0.1) is 0 Å². The van der Waals surface area contributed by atoms with Gasteiger partial charge in [0.2, 0.25) is 0 Å². The Hall–Kier alpha value is -2.18. The maximum absolute atomic E-state index is 12.0. The number of aliphatic hydroxyl groups is 1.